The smallest absolute Gasteiger partial charge is 0.289 e. The van der Waals surface area contributed by atoms with Gasteiger partial charge in [-0.25, -0.2) is 9.97 Å². The van der Waals surface area contributed by atoms with Crippen LogP contribution in [-0.2, 0) is 22.7 Å². The molecular formula is C20H20N6O4. The molecule has 2 aliphatic rings. The quantitative estimate of drug-likeness (QED) is 0.602. The van der Waals surface area contributed by atoms with Crippen LogP contribution < -0.4 is 16.0 Å². The molecule has 3 N–H and O–H groups in total. The highest BCUT2D eigenvalue weighted by Crippen LogP contribution is 2.28. The Morgan fingerprint density at radius 2 is 2.10 bits per heavy atom. The molecule has 0 bridgehead atoms. The van der Waals surface area contributed by atoms with E-state index in [9.17, 15) is 19.2 Å². The van der Waals surface area contributed by atoms with Crippen LogP contribution in [0.4, 0.5) is 5.82 Å². The molecule has 1 atom stereocenters. The lowest BCUT2D eigenvalue weighted by Gasteiger charge is -2.29. The number of nitrogens with one attached hydrogen (secondary N) is 3. The van der Waals surface area contributed by atoms with E-state index in [0.29, 0.717) is 24.3 Å². The largest absolute Gasteiger partial charge is 0.373 e. The van der Waals surface area contributed by atoms with Crippen LogP contribution in [0.1, 0.15) is 44.9 Å². The first kappa shape index (κ1) is 19.5. The fourth-order valence-electron chi connectivity index (χ4n) is 3.58. The number of aromatic nitrogens is 2. The Morgan fingerprint density at radius 3 is 2.87 bits per heavy atom. The second-order valence-electron chi connectivity index (χ2n) is 7.09. The lowest BCUT2D eigenvalue weighted by Crippen LogP contribution is -2.52. The average molecular weight is 408 g/mol. The third-order valence-corrected chi connectivity index (χ3v) is 5.16. The Bertz CT molecular complexity index is 1050. The summed E-state index contributed by atoms with van der Waals surface area (Å²) < 4.78 is 0. The number of nitrogens with zero attached hydrogens (tertiary/aromatic N) is 3. The van der Waals surface area contributed by atoms with E-state index >= 15 is 0 Å². The van der Waals surface area contributed by atoms with Crippen molar-refractivity contribution >= 4 is 29.4 Å². The number of hydrogen-bond acceptors (Lipinski definition) is 7. The number of amides is 4. The lowest BCUT2D eigenvalue weighted by molar-refractivity contribution is -0.136. The fourth-order valence-corrected chi connectivity index (χ4v) is 3.58. The highest BCUT2D eigenvalue weighted by Gasteiger charge is 2.39. The van der Waals surface area contributed by atoms with Crippen molar-refractivity contribution in [1.29, 1.82) is 0 Å². The molecule has 10 heteroatoms. The van der Waals surface area contributed by atoms with Crippen LogP contribution in [0.5, 0.6) is 0 Å². The first-order valence-corrected chi connectivity index (χ1v) is 9.51. The predicted octanol–water partition coefficient (Wildman–Crippen LogP) is 0.209. The van der Waals surface area contributed by atoms with E-state index in [0.717, 1.165) is 11.1 Å². The summed E-state index contributed by atoms with van der Waals surface area (Å²) in [4.78, 5) is 58.2. The Balaban J connectivity index is 1.44. The van der Waals surface area contributed by atoms with Crippen LogP contribution in [-0.4, -0.2) is 51.6 Å². The van der Waals surface area contributed by atoms with E-state index in [1.807, 2.05) is 12.1 Å². The molecule has 2 aromatic rings. The number of piperidine rings is 1. The van der Waals surface area contributed by atoms with Crippen molar-refractivity contribution in [3.63, 3.8) is 0 Å². The van der Waals surface area contributed by atoms with Gasteiger partial charge < -0.3 is 15.5 Å². The summed E-state index contributed by atoms with van der Waals surface area (Å²) >= 11 is 0. The lowest BCUT2D eigenvalue weighted by atomic mass is 10.0. The number of fused-ring (bicyclic) bond motifs is 1. The molecular weight excluding hydrogens is 388 g/mol. The van der Waals surface area contributed by atoms with E-state index < -0.39 is 17.9 Å². The highest BCUT2D eigenvalue weighted by molar-refractivity contribution is 6.05. The Hall–Kier alpha value is -3.82. The summed E-state index contributed by atoms with van der Waals surface area (Å²) in [5.74, 6) is -0.858. The van der Waals surface area contributed by atoms with Gasteiger partial charge in [-0.2, -0.15) is 0 Å². The maximum atomic E-state index is 12.9. The van der Waals surface area contributed by atoms with Crippen molar-refractivity contribution in [2.24, 2.45) is 0 Å². The van der Waals surface area contributed by atoms with E-state index in [1.54, 1.807) is 19.2 Å². The molecule has 1 unspecified atom stereocenters. The standard InChI is InChI=1S/C20H20N6O4/c1-21-15-6-7-22-17(24-15)19(29)23-9-11-2-3-12-10-26(20(30)13(12)8-11)14-4-5-16(27)25-18(14)28/h2-3,6-8,14H,4-5,9-10H2,1H3,(H,23,29)(H,21,22,24)(H,25,27,28). The third kappa shape index (κ3) is 3.71. The Morgan fingerprint density at radius 1 is 1.27 bits per heavy atom. The van der Waals surface area contributed by atoms with Crippen molar-refractivity contribution in [3.8, 4) is 0 Å². The van der Waals surface area contributed by atoms with Crippen molar-refractivity contribution < 1.29 is 19.2 Å². The molecule has 0 saturated carbocycles. The number of rotatable bonds is 5. The number of benzene rings is 1. The normalized spacial score (nSPS) is 18.1. The first-order valence-electron chi connectivity index (χ1n) is 9.51. The second kappa shape index (κ2) is 7.90. The summed E-state index contributed by atoms with van der Waals surface area (Å²) in [5.41, 5.74) is 2.05. The van der Waals surface area contributed by atoms with Gasteiger partial charge in [-0.1, -0.05) is 12.1 Å². The van der Waals surface area contributed by atoms with Crippen molar-refractivity contribution in [2.75, 3.05) is 12.4 Å². The summed E-state index contributed by atoms with van der Waals surface area (Å²) in [6.45, 7) is 0.517. The average Bonchev–Trinajstić information content (AvgIpc) is 3.08. The number of anilines is 1. The molecule has 3 heterocycles. The van der Waals surface area contributed by atoms with Crippen molar-refractivity contribution in [1.82, 2.24) is 25.5 Å². The van der Waals surface area contributed by atoms with Gasteiger partial charge in [0.15, 0.2) is 0 Å². The molecule has 0 radical (unpaired) electrons. The molecule has 1 aromatic heterocycles. The van der Waals surface area contributed by atoms with E-state index in [4.69, 9.17) is 0 Å². The minimum Gasteiger partial charge on any atom is -0.373 e. The zero-order chi connectivity index (χ0) is 21.3. The van der Waals surface area contributed by atoms with Crippen LogP contribution in [0.15, 0.2) is 30.5 Å². The maximum absolute atomic E-state index is 12.9. The topological polar surface area (TPSA) is 133 Å². The van der Waals surface area contributed by atoms with Gasteiger partial charge in [0.2, 0.25) is 17.6 Å². The van der Waals surface area contributed by atoms with Crippen LogP contribution >= 0.6 is 0 Å². The van der Waals surface area contributed by atoms with Gasteiger partial charge in [0.1, 0.15) is 11.9 Å². The number of imide groups is 1. The van der Waals surface area contributed by atoms with Gasteiger partial charge in [0.05, 0.1) is 0 Å². The highest BCUT2D eigenvalue weighted by atomic mass is 16.2. The fraction of sp³-hybridized carbons (Fsp3) is 0.300. The summed E-state index contributed by atoms with van der Waals surface area (Å²) in [6.07, 6.45) is 2.02. The Kier molecular flexibility index (Phi) is 5.13. The van der Waals surface area contributed by atoms with Gasteiger partial charge in [0.25, 0.3) is 11.8 Å². The molecule has 154 valence electrons. The van der Waals surface area contributed by atoms with Crippen molar-refractivity contribution in [3.05, 3.63) is 53.0 Å². The van der Waals surface area contributed by atoms with Crippen LogP contribution in [0.25, 0.3) is 0 Å². The van der Waals surface area contributed by atoms with Crippen LogP contribution in [0.3, 0.4) is 0 Å². The monoisotopic (exact) mass is 408 g/mol. The molecule has 0 aliphatic carbocycles. The van der Waals surface area contributed by atoms with Crippen LogP contribution in [0.2, 0.25) is 0 Å². The van der Waals surface area contributed by atoms with Gasteiger partial charge in [0, 0.05) is 38.3 Å². The van der Waals surface area contributed by atoms with Crippen LogP contribution in [0, 0.1) is 0 Å². The molecule has 0 spiro atoms. The van der Waals surface area contributed by atoms with E-state index in [-0.39, 0.29) is 30.6 Å². The minimum absolute atomic E-state index is 0.0446. The van der Waals surface area contributed by atoms with E-state index in [1.165, 1.54) is 11.1 Å². The first-order chi connectivity index (χ1) is 14.5. The zero-order valence-corrected chi connectivity index (χ0v) is 16.3. The third-order valence-electron chi connectivity index (χ3n) is 5.16. The van der Waals surface area contributed by atoms with Gasteiger partial charge in [-0.15, -0.1) is 0 Å². The molecule has 10 nitrogen and oxygen atoms in total. The van der Waals surface area contributed by atoms with Gasteiger partial charge in [-0.3, -0.25) is 24.5 Å². The summed E-state index contributed by atoms with van der Waals surface area (Å²) in [6, 6.07) is 6.36. The second-order valence-corrected chi connectivity index (χ2v) is 7.09. The minimum atomic E-state index is -0.651. The van der Waals surface area contributed by atoms with Gasteiger partial charge in [-0.05, 0) is 29.7 Å². The molecule has 1 fully saturated rings. The molecule has 1 saturated heterocycles. The zero-order valence-electron chi connectivity index (χ0n) is 16.3. The SMILES string of the molecule is CNc1ccnc(C(=O)NCc2ccc3c(c2)C(=O)N(C2CCC(=O)NC2=O)C3)n1. The number of hydrogen-bond donors (Lipinski definition) is 3. The number of carbonyl (C=O) groups excluding carboxylic acids is 4. The Labute approximate surface area is 172 Å². The molecule has 1 aromatic carbocycles. The summed E-state index contributed by atoms with van der Waals surface area (Å²) in [7, 11) is 1.70. The molecule has 2 aliphatic heterocycles. The number of carbonyl (C=O) groups is 4. The molecule has 4 amide bonds. The maximum Gasteiger partial charge on any atom is 0.289 e. The van der Waals surface area contributed by atoms with E-state index in [2.05, 4.69) is 25.9 Å². The molecule has 4 rings (SSSR count). The van der Waals surface area contributed by atoms with Crippen molar-refractivity contribution in [2.45, 2.75) is 32.0 Å². The summed E-state index contributed by atoms with van der Waals surface area (Å²) in [5, 5.41) is 7.87. The predicted molar refractivity (Wildman–Crippen MR) is 105 cm³/mol. The molecule has 30 heavy (non-hydrogen) atoms. The van der Waals surface area contributed by atoms with Gasteiger partial charge >= 0.3 is 0 Å².